The Kier molecular flexibility index (Phi) is 3.88. The van der Waals surface area contributed by atoms with Crippen molar-refractivity contribution in [3.05, 3.63) is 46.2 Å². The zero-order valence-electron chi connectivity index (χ0n) is 9.64. The summed E-state index contributed by atoms with van der Waals surface area (Å²) in [5, 5.41) is 2.92. The van der Waals surface area contributed by atoms with E-state index in [1.807, 2.05) is 0 Å². The number of hydrogen-bond acceptors (Lipinski definition) is 5. The molecule has 0 saturated carbocycles. The van der Waals surface area contributed by atoms with E-state index in [0.29, 0.717) is 12.1 Å². The van der Waals surface area contributed by atoms with E-state index in [4.69, 9.17) is 0 Å². The molecule has 4 nitrogen and oxygen atoms in total. The van der Waals surface area contributed by atoms with Crippen LogP contribution in [-0.2, 0) is 11.3 Å². The van der Waals surface area contributed by atoms with Crippen molar-refractivity contribution in [1.82, 2.24) is 4.98 Å². The second kappa shape index (κ2) is 5.59. The van der Waals surface area contributed by atoms with Gasteiger partial charge in [-0.1, -0.05) is 0 Å². The van der Waals surface area contributed by atoms with Crippen LogP contribution in [0.15, 0.2) is 29.9 Å². The van der Waals surface area contributed by atoms with E-state index < -0.39 is 11.8 Å². The number of benzene rings is 1. The normalized spacial score (nSPS) is 10.1. The molecule has 94 valence electrons. The van der Waals surface area contributed by atoms with Crippen LogP contribution >= 0.6 is 11.3 Å². The second-order valence-corrected chi connectivity index (χ2v) is 4.48. The van der Waals surface area contributed by atoms with Crippen LogP contribution < -0.4 is 5.32 Å². The van der Waals surface area contributed by atoms with Crippen LogP contribution in [0, 0.1) is 5.82 Å². The molecule has 0 unspecified atom stereocenters. The third kappa shape index (κ3) is 2.84. The van der Waals surface area contributed by atoms with E-state index in [2.05, 4.69) is 15.0 Å². The van der Waals surface area contributed by atoms with Gasteiger partial charge in [0.2, 0.25) is 0 Å². The van der Waals surface area contributed by atoms with Gasteiger partial charge in [-0.05, 0) is 18.2 Å². The summed E-state index contributed by atoms with van der Waals surface area (Å²) in [5.74, 6) is -0.900. The number of esters is 1. The standard InChI is InChI=1S/C12H11FN2O2S/c1-17-12(16)8-2-3-10(13)11(4-8)15-6-9-5-14-7-18-9/h2-5,7,15H,6H2,1H3. The Hall–Kier alpha value is -1.95. The predicted octanol–water partition coefficient (Wildman–Crippen LogP) is 2.68. The molecular formula is C12H11FN2O2S. The maximum Gasteiger partial charge on any atom is 0.337 e. The lowest BCUT2D eigenvalue weighted by molar-refractivity contribution is 0.0600. The molecule has 0 bridgehead atoms. The number of rotatable bonds is 4. The highest BCUT2D eigenvalue weighted by Crippen LogP contribution is 2.18. The monoisotopic (exact) mass is 266 g/mol. The van der Waals surface area contributed by atoms with Gasteiger partial charge in [0.1, 0.15) is 5.82 Å². The lowest BCUT2D eigenvalue weighted by Gasteiger charge is -2.07. The fourth-order valence-corrected chi connectivity index (χ4v) is 1.95. The summed E-state index contributed by atoms with van der Waals surface area (Å²) in [6, 6.07) is 4.06. The van der Waals surface area contributed by atoms with Crippen molar-refractivity contribution in [2.75, 3.05) is 12.4 Å². The minimum Gasteiger partial charge on any atom is -0.465 e. The smallest absolute Gasteiger partial charge is 0.337 e. The second-order valence-electron chi connectivity index (χ2n) is 3.51. The highest BCUT2D eigenvalue weighted by molar-refractivity contribution is 7.09. The number of halogens is 1. The maximum absolute atomic E-state index is 13.5. The third-order valence-electron chi connectivity index (χ3n) is 2.32. The van der Waals surface area contributed by atoms with Gasteiger partial charge in [0, 0.05) is 11.1 Å². The first-order valence-electron chi connectivity index (χ1n) is 5.20. The van der Waals surface area contributed by atoms with E-state index >= 15 is 0 Å². The fourth-order valence-electron chi connectivity index (χ4n) is 1.42. The number of thiazole rings is 1. The van der Waals surface area contributed by atoms with Crippen molar-refractivity contribution >= 4 is 23.0 Å². The van der Waals surface area contributed by atoms with Crippen LogP contribution in [0.3, 0.4) is 0 Å². The number of methoxy groups -OCH3 is 1. The number of aromatic nitrogens is 1. The fraction of sp³-hybridized carbons (Fsp3) is 0.167. The molecule has 0 spiro atoms. The molecule has 0 atom stereocenters. The van der Waals surface area contributed by atoms with Crippen molar-refractivity contribution in [3.63, 3.8) is 0 Å². The van der Waals surface area contributed by atoms with Crippen LogP contribution in [0.25, 0.3) is 0 Å². The van der Waals surface area contributed by atoms with Gasteiger partial charge in [-0.25, -0.2) is 9.18 Å². The van der Waals surface area contributed by atoms with Gasteiger partial charge in [0.15, 0.2) is 0 Å². The Morgan fingerprint density at radius 3 is 3.06 bits per heavy atom. The van der Waals surface area contributed by atoms with Gasteiger partial charge in [0.25, 0.3) is 0 Å². The van der Waals surface area contributed by atoms with E-state index in [1.165, 1.54) is 36.6 Å². The molecule has 0 aliphatic heterocycles. The van der Waals surface area contributed by atoms with Crippen LogP contribution in [0.5, 0.6) is 0 Å². The summed E-state index contributed by atoms with van der Waals surface area (Å²) in [7, 11) is 1.29. The van der Waals surface area contributed by atoms with E-state index in [-0.39, 0.29) is 5.69 Å². The number of carbonyl (C=O) groups is 1. The average molecular weight is 266 g/mol. The third-order valence-corrected chi connectivity index (χ3v) is 3.10. The molecule has 0 aliphatic carbocycles. The van der Waals surface area contributed by atoms with Crippen molar-refractivity contribution in [3.8, 4) is 0 Å². The average Bonchev–Trinajstić information content (AvgIpc) is 2.90. The van der Waals surface area contributed by atoms with Crippen molar-refractivity contribution < 1.29 is 13.9 Å². The van der Waals surface area contributed by atoms with Crippen molar-refractivity contribution in [2.45, 2.75) is 6.54 Å². The highest BCUT2D eigenvalue weighted by atomic mass is 32.1. The number of carbonyl (C=O) groups excluding carboxylic acids is 1. The van der Waals surface area contributed by atoms with Gasteiger partial charge in [-0.2, -0.15) is 0 Å². The number of nitrogens with one attached hydrogen (secondary N) is 1. The van der Waals surface area contributed by atoms with Gasteiger partial charge < -0.3 is 10.1 Å². The lowest BCUT2D eigenvalue weighted by atomic mass is 10.2. The molecule has 1 aromatic heterocycles. The SMILES string of the molecule is COC(=O)c1ccc(F)c(NCc2cncs2)c1. The van der Waals surface area contributed by atoms with Gasteiger partial charge >= 0.3 is 5.97 Å². The van der Waals surface area contributed by atoms with Crippen LogP contribution in [0.4, 0.5) is 10.1 Å². The maximum atomic E-state index is 13.5. The molecule has 2 rings (SSSR count). The molecule has 0 radical (unpaired) electrons. The van der Waals surface area contributed by atoms with E-state index in [1.54, 1.807) is 11.7 Å². The molecule has 1 aromatic carbocycles. The van der Waals surface area contributed by atoms with Crippen LogP contribution in [0.2, 0.25) is 0 Å². The minimum atomic E-state index is -0.490. The molecular weight excluding hydrogens is 255 g/mol. The van der Waals surface area contributed by atoms with Gasteiger partial charge in [-0.3, -0.25) is 4.98 Å². The predicted molar refractivity (Wildman–Crippen MR) is 67.2 cm³/mol. The molecule has 0 fully saturated rings. The minimum absolute atomic E-state index is 0.270. The molecule has 6 heteroatoms. The molecule has 1 heterocycles. The Morgan fingerprint density at radius 1 is 1.56 bits per heavy atom. The molecule has 0 aliphatic rings. The molecule has 0 saturated heterocycles. The summed E-state index contributed by atoms with van der Waals surface area (Å²) < 4.78 is 18.1. The number of hydrogen-bond donors (Lipinski definition) is 1. The molecule has 18 heavy (non-hydrogen) atoms. The first kappa shape index (κ1) is 12.5. The first-order valence-corrected chi connectivity index (χ1v) is 6.08. The number of nitrogens with zero attached hydrogens (tertiary/aromatic N) is 1. The summed E-state index contributed by atoms with van der Waals surface area (Å²) in [6.45, 7) is 0.464. The Morgan fingerprint density at radius 2 is 2.39 bits per heavy atom. The van der Waals surface area contributed by atoms with E-state index in [9.17, 15) is 9.18 Å². The zero-order chi connectivity index (χ0) is 13.0. The zero-order valence-corrected chi connectivity index (χ0v) is 10.5. The summed E-state index contributed by atoms with van der Waals surface area (Å²) in [4.78, 5) is 16.2. The van der Waals surface area contributed by atoms with E-state index in [0.717, 1.165) is 4.88 Å². The summed E-state index contributed by atoms with van der Waals surface area (Å²) in [6.07, 6.45) is 1.71. The molecule has 1 N–H and O–H groups in total. The van der Waals surface area contributed by atoms with Crippen molar-refractivity contribution in [1.29, 1.82) is 0 Å². The molecule has 2 aromatic rings. The topological polar surface area (TPSA) is 51.2 Å². The number of ether oxygens (including phenoxy) is 1. The van der Waals surface area contributed by atoms with Crippen LogP contribution in [-0.4, -0.2) is 18.1 Å². The summed E-state index contributed by atoms with van der Waals surface area (Å²) >= 11 is 1.48. The largest absolute Gasteiger partial charge is 0.465 e. The highest BCUT2D eigenvalue weighted by Gasteiger charge is 2.09. The van der Waals surface area contributed by atoms with Gasteiger partial charge in [0.05, 0.1) is 30.4 Å². The number of anilines is 1. The lowest BCUT2D eigenvalue weighted by Crippen LogP contribution is -2.05. The molecule has 0 amide bonds. The Bertz CT molecular complexity index is 543. The van der Waals surface area contributed by atoms with Gasteiger partial charge in [-0.15, -0.1) is 11.3 Å². The Labute approximate surface area is 107 Å². The quantitative estimate of drug-likeness (QED) is 0.864. The van der Waals surface area contributed by atoms with Crippen LogP contribution in [0.1, 0.15) is 15.2 Å². The summed E-state index contributed by atoms with van der Waals surface area (Å²) in [5.41, 5.74) is 2.29. The Balaban J connectivity index is 2.13. The first-order chi connectivity index (χ1) is 8.70. The van der Waals surface area contributed by atoms with Crippen molar-refractivity contribution in [2.24, 2.45) is 0 Å².